The first-order valence-corrected chi connectivity index (χ1v) is 8.47. The van der Waals surface area contributed by atoms with Gasteiger partial charge in [-0.25, -0.2) is 0 Å². The van der Waals surface area contributed by atoms with E-state index in [2.05, 4.69) is 36.7 Å². The van der Waals surface area contributed by atoms with Crippen LogP contribution in [0.25, 0.3) is 0 Å². The molecule has 1 atom stereocenters. The van der Waals surface area contributed by atoms with Crippen LogP contribution in [0.3, 0.4) is 0 Å². The molecule has 1 fully saturated rings. The van der Waals surface area contributed by atoms with E-state index in [9.17, 15) is 0 Å². The van der Waals surface area contributed by atoms with Gasteiger partial charge in [-0.15, -0.1) is 0 Å². The second kappa shape index (κ2) is 5.37. The summed E-state index contributed by atoms with van der Waals surface area (Å²) in [7, 11) is 0. The largest absolute Gasteiger partial charge is 0.493 e. The summed E-state index contributed by atoms with van der Waals surface area (Å²) >= 11 is 2.02. The minimum absolute atomic E-state index is 0.460. The Morgan fingerprint density at radius 1 is 1.42 bits per heavy atom. The molecule has 1 unspecified atom stereocenters. The van der Waals surface area contributed by atoms with Crippen molar-refractivity contribution in [2.45, 2.75) is 43.4 Å². The second-order valence-electron chi connectivity index (χ2n) is 5.80. The standard InChI is InChI=1S/C16H23NOS/c1-12-5-3-6-13-14(7-4-10-18-15(12)13)17-11-16(19-2)8-9-16/h3,5-6,14,17H,4,7-11H2,1-2H3. The topological polar surface area (TPSA) is 21.3 Å². The minimum Gasteiger partial charge on any atom is -0.493 e. The first-order valence-electron chi connectivity index (χ1n) is 7.25. The first kappa shape index (κ1) is 13.3. The van der Waals surface area contributed by atoms with Gasteiger partial charge in [0.1, 0.15) is 5.75 Å². The Balaban J connectivity index is 1.76. The molecule has 19 heavy (non-hydrogen) atoms. The fourth-order valence-corrected chi connectivity index (χ4v) is 3.62. The lowest BCUT2D eigenvalue weighted by Gasteiger charge is -2.22. The Kier molecular flexibility index (Phi) is 3.77. The molecular weight excluding hydrogens is 254 g/mol. The van der Waals surface area contributed by atoms with E-state index in [1.165, 1.54) is 30.4 Å². The summed E-state index contributed by atoms with van der Waals surface area (Å²) in [5.41, 5.74) is 2.62. The summed E-state index contributed by atoms with van der Waals surface area (Å²) in [5.74, 6) is 1.12. The number of para-hydroxylation sites is 1. The fourth-order valence-electron chi connectivity index (χ4n) is 2.88. The average molecular weight is 277 g/mol. The minimum atomic E-state index is 0.460. The van der Waals surface area contributed by atoms with Crippen LogP contribution in [-0.2, 0) is 0 Å². The third-order valence-electron chi connectivity index (χ3n) is 4.41. The predicted octanol–water partition coefficient (Wildman–Crippen LogP) is 3.69. The SMILES string of the molecule is CSC1(CNC2CCCOc3c(C)cccc32)CC1. The number of ether oxygens (including phenoxy) is 1. The molecule has 3 rings (SSSR count). The first-order chi connectivity index (χ1) is 9.24. The van der Waals surface area contributed by atoms with E-state index in [0.29, 0.717) is 10.8 Å². The van der Waals surface area contributed by atoms with Gasteiger partial charge >= 0.3 is 0 Å². The van der Waals surface area contributed by atoms with Gasteiger partial charge in [0, 0.05) is 22.9 Å². The Labute approximate surface area is 120 Å². The van der Waals surface area contributed by atoms with Gasteiger partial charge < -0.3 is 10.1 Å². The van der Waals surface area contributed by atoms with E-state index in [1.54, 1.807) is 0 Å². The van der Waals surface area contributed by atoms with Crippen molar-refractivity contribution < 1.29 is 4.74 Å². The van der Waals surface area contributed by atoms with Crippen molar-refractivity contribution in [3.05, 3.63) is 29.3 Å². The summed E-state index contributed by atoms with van der Waals surface area (Å²) < 4.78 is 6.46. The van der Waals surface area contributed by atoms with E-state index < -0.39 is 0 Å². The lowest BCUT2D eigenvalue weighted by Crippen LogP contribution is -2.29. The van der Waals surface area contributed by atoms with E-state index in [1.807, 2.05) is 11.8 Å². The van der Waals surface area contributed by atoms with Gasteiger partial charge in [0.15, 0.2) is 0 Å². The van der Waals surface area contributed by atoms with E-state index in [-0.39, 0.29) is 0 Å². The van der Waals surface area contributed by atoms with Gasteiger partial charge in [-0.3, -0.25) is 0 Å². The Morgan fingerprint density at radius 3 is 3.00 bits per heavy atom. The van der Waals surface area contributed by atoms with Crippen LogP contribution < -0.4 is 10.1 Å². The van der Waals surface area contributed by atoms with Crippen LogP contribution in [-0.4, -0.2) is 24.2 Å². The summed E-state index contributed by atoms with van der Waals surface area (Å²) in [4.78, 5) is 0. The molecule has 2 nitrogen and oxygen atoms in total. The van der Waals surface area contributed by atoms with Crippen molar-refractivity contribution in [2.75, 3.05) is 19.4 Å². The van der Waals surface area contributed by atoms with E-state index >= 15 is 0 Å². The van der Waals surface area contributed by atoms with Crippen molar-refractivity contribution in [2.24, 2.45) is 0 Å². The highest BCUT2D eigenvalue weighted by molar-refractivity contribution is 8.00. The van der Waals surface area contributed by atoms with E-state index in [4.69, 9.17) is 4.74 Å². The zero-order chi connectivity index (χ0) is 13.3. The molecule has 1 aromatic carbocycles. The van der Waals surface area contributed by atoms with Gasteiger partial charge in [-0.05, 0) is 44.4 Å². The zero-order valence-electron chi connectivity index (χ0n) is 11.9. The number of benzene rings is 1. The third-order valence-corrected chi connectivity index (χ3v) is 5.83. The molecule has 1 aliphatic carbocycles. The van der Waals surface area contributed by atoms with Gasteiger partial charge in [-0.1, -0.05) is 18.2 Å². The van der Waals surface area contributed by atoms with Crippen molar-refractivity contribution in [3.63, 3.8) is 0 Å². The van der Waals surface area contributed by atoms with Crippen LogP contribution >= 0.6 is 11.8 Å². The quantitative estimate of drug-likeness (QED) is 0.907. The number of nitrogens with one attached hydrogen (secondary N) is 1. The number of hydrogen-bond acceptors (Lipinski definition) is 3. The van der Waals surface area contributed by atoms with Gasteiger partial charge in [-0.2, -0.15) is 11.8 Å². The molecule has 0 aromatic heterocycles. The maximum Gasteiger partial charge on any atom is 0.126 e. The Hall–Kier alpha value is -0.670. The molecule has 2 aliphatic rings. The van der Waals surface area contributed by atoms with Crippen LogP contribution in [0.2, 0.25) is 0 Å². The highest BCUT2D eigenvalue weighted by atomic mass is 32.2. The van der Waals surface area contributed by atoms with Crippen molar-refractivity contribution in [3.8, 4) is 5.75 Å². The maximum atomic E-state index is 5.94. The predicted molar refractivity (Wildman–Crippen MR) is 82.1 cm³/mol. The molecule has 104 valence electrons. The van der Waals surface area contributed by atoms with Gasteiger partial charge in [0.2, 0.25) is 0 Å². The van der Waals surface area contributed by atoms with Gasteiger partial charge in [0.05, 0.1) is 6.61 Å². The molecule has 1 aliphatic heterocycles. The normalized spacial score (nSPS) is 24.2. The highest BCUT2D eigenvalue weighted by Crippen LogP contribution is 2.47. The lowest BCUT2D eigenvalue weighted by molar-refractivity contribution is 0.313. The third kappa shape index (κ3) is 2.77. The van der Waals surface area contributed by atoms with Crippen molar-refractivity contribution in [1.29, 1.82) is 0 Å². The molecule has 1 saturated carbocycles. The van der Waals surface area contributed by atoms with Crippen LogP contribution in [0.15, 0.2) is 18.2 Å². The Bertz CT molecular complexity index is 456. The molecule has 0 bridgehead atoms. The fraction of sp³-hybridized carbons (Fsp3) is 0.625. The smallest absolute Gasteiger partial charge is 0.126 e. The van der Waals surface area contributed by atoms with Crippen LogP contribution in [0.1, 0.15) is 42.9 Å². The lowest BCUT2D eigenvalue weighted by atomic mass is 9.99. The van der Waals surface area contributed by atoms with Crippen LogP contribution in [0, 0.1) is 6.92 Å². The van der Waals surface area contributed by atoms with Gasteiger partial charge in [0.25, 0.3) is 0 Å². The molecule has 1 N–H and O–H groups in total. The number of aryl methyl sites for hydroxylation is 1. The summed E-state index contributed by atoms with van der Waals surface area (Å²) in [5, 5.41) is 3.80. The Morgan fingerprint density at radius 2 is 2.26 bits per heavy atom. The summed E-state index contributed by atoms with van der Waals surface area (Å²) in [6, 6.07) is 6.98. The second-order valence-corrected chi connectivity index (χ2v) is 7.08. The van der Waals surface area contributed by atoms with E-state index in [0.717, 1.165) is 25.3 Å². The highest BCUT2D eigenvalue weighted by Gasteiger charge is 2.42. The number of rotatable bonds is 4. The number of fused-ring (bicyclic) bond motifs is 1. The van der Waals surface area contributed by atoms with Crippen LogP contribution in [0.4, 0.5) is 0 Å². The maximum absolute atomic E-state index is 5.94. The molecule has 0 spiro atoms. The number of hydrogen-bond donors (Lipinski definition) is 1. The monoisotopic (exact) mass is 277 g/mol. The molecule has 0 amide bonds. The molecule has 0 saturated heterocycles. The number of thioether (sulfide) groups is 1. The molecule has 1 heterocycles. The molecule has 0 radical (unpaired) electrons. The van der Waals surface area contributed by atoms with Crippen molar-refractivity contribution >= 4 is 11.8 Å². The molecule has 1 aromatic rings. The van der Waals surface area contributed by atoms with Crippen LogP contribution in [0.5, 0.6) is 5.75 Å². The average Bonchev–Trinajstić information content (AvgIpc) is 3.21. The zero-order valence-corrected chi connectivity index (χ0v) is 12.7. The summed E-state index contributed by atoms with van der Waals surface area (Å²) in [6.07, 6.45) is 7.29. The van der Waals surface area contributed by atoms with Crippen molar-refractivity contribution in [1.82, 2.24) is 5.32 Å². The molecular formula is C16H23NOS. The molecule has 3 heteroatoms. The summed E-state index contributed by atoms with van der Waals surface area (Å²) in [6.45, 7) is 4.13.